The van der Waals surface area contributed by atoms with Gasteiger partial charge in [-0.2, -0.15) is 0 Å². The van der Waals surface area contributed by atoms with E-state index in [-0.39, 0.29) is 0 Å². The minimum atomic E-state index is -0.758. The fourth-order valence-corrected chi connectivity index (χ4v) is 2.33. The second kappa shape index (κ2) is 3.82. The number of methoxy groups -OCH3 is 2. The van der Waals surface area contributed by atoms with Gasteiger partial charge in [0.15, 0.2) is 0 Å². The zero-order valence-electron chi connectivity index (χ0n) is 9.63. The molecule has 0 aromatic heterocycles. The number of halogens is 1. The SMILES string of the molecule is COc1c(C)cc(C2(O)CC2)c(OC)c1Cl. The lowest BCUT2D eigenvalue weighted by atomic mass is 10.0. The zero-order valence-corrected chi connectivity index (χ0v) is 10.4. The highest BCUT2D eigenvalue weighted by atomic mass is 35.5. The summed E-state index contributed by atoms with van der Waals surface area (Å²) >= 11 is 6.19. The van der Waals surface area contributed by atoms with Crippen LogP contribution < -0.4 is 9.47 Å². The number of rotatable bonds is 3. The molecule has 1 fully saturated rings. The van der Waals surface area contributed by atoms with Gasteiger partial charge in [0.25, 0.3) is 0 Å². The van der Waals surface area contributed by atoms with E-state index in [1.54, 1.807) is 14.2 Å². The molecule has 0 bridgehead atoms. The Kier molecular flexibility index (Phi) is 2.76. The maximum Gasteiger partial charge on any atom is 0.147 e. The Bertz CT molecular complexity index is 425. The van der Waals surface area contributed by atoms with Gasteiger partial charge in [0.05, 0.1) is 19.8 Å². The molecular formula is C12H15ClO3. The summed E-state index contributed by atoms with van der Waals surface area (Å²) in [6.07, 6.45) is 1.51. The first-order valence-electron chi connectivity index (χ1n) is 5.17. The van der Waals surface area contributed by atoms with E-state index < -0.39 is 5.60 Å². The van der Waals surface area contributed by atoms with Crippen LogP contribution in [0.15, 0.2) is 6.07 Å². The van der Waals surface area contributed by atoms with Crippen molar-refractivity contribution in [2.45, 2.75) is 25.4 Å². The molecule has 1 aromatic carbocycles. The van der Waals surface area contributed by atoms with Crippen molar-refractivity contribution in [2.75, 3.05) is 14.2 Å². The topological polar surface area (TPSA) is 38.7 Å². The molecule has 0 spiro atoms. The van der Waals surface area contributed by atoms with Crippen LogP contribution in [0.5, 0.6) is 11.5 Å². The fraction of sp³-hybridized carbons (Fsp3) is 0.500. The van der Waals surface area contributed by atoms with Gasteiger partial charge < -0.3 is 14.6 Å². The predicted octanol–water partition coefficient (Wildman–Crippen LogP) is 2.65. The van der Waals surface area contributed by atoms with Crippen molar-refractivity contribution in [1.29, 1.82) is 0 Å². The third-order valence-electron chi connectivity index (χ3n) is 3.00. The molecule has 0 heterocycles. The van der Waals surface area contributed by atoms with Crippen LogP contribution in [0.1, 0.15) is 24.0 Å². The molecule has 0 aliphatic heterocycles. The third kappa shape index (κ3) is 1.64. The molecule has 0 atom stereocenters. The zero-order chi connectivity index (χ0) is 11.9. The van der Waals surface area contributed by atoms with E-state index in [0.717, 1.165) is 24.0 Å². The molecule has 0 saturated heterocycles. The van der Waals surface area contributed by atoms with Crippen LogP contribution in [0.2, 0.25) is 5.02 Å². The minimum absolute atomic E-state index is 0.431. The van der Waals surface area contributed by atoms with Crippen LogP contribution in [0, 0.1) is 6.92 Å². The van der Waals surface area contributed by atoms with E-state index in [0.29, 0.717) is 16.5 Å². The van der Waals surface area contributed by atoms with Crippen LogP contribution in [0.3, 0.4) is 0 Å². The van der Waals surface area contributed by atoms with Crippen molar-refractivity contribution < 1.29 is 14.6 Å². The highest BCUT2D eigenvalue weighted by molar-refractivity contribution is 6.33. The molecule has 3 nitrogen and oxygen atoms in total. The Balaban J connectivity index is 2.62. The van der Waals surface area contributed by atoms with Crippen molar-refractivity contribution in [3.63, 3.8) is 0 Å². The van der Waals surface area contributed by atoms with E-state index in [1.807, 2.05) is 13.0 Å². The molecule has 88 valence electrons. The smallest absolute Gasteiger partial charge is 0.147 e. The van der Waals surface area contributed by atoms with Gasteiger partial charge in [-0.25, -0.2) is 0 Å². The maximum absolute atomic E-state index is 10.1. The van der Waals surface area contributed by atoms with E-state index in [4.69, 9.17) is 21.1 Å². The molecule has 0 unspecified atom stereocenters. The highest BCUT2D eigenvalue weighted by Crippen LogP contribution is 2.52. The first-order chi connectivity index (χ1) is 7.53. The normalized spacial score (nSPS) is 17.1. The second-order valence-electron chi connectivity index (χ2n) is 4.15. The summed E-state index contributed by atoms with van der Waals surface area (Å²) < 4.78 is 10.5. The van der Waals surface area contributed by atoms with Crippen molar-refractivity contribution in [3.05, 3.63) is 22.2 Å². The molecule has 16 heavy (non-hydrogen) atoms. The standard InChI is InChI=1S/C12H15ClO3/c1-7-6-8(12(14)4-5-12)11(16-3)9(13)10(7)15-2/h6,14H,4-5H2,1-3H3. The summed E-state index contributed by atoms with van der Waals surface area (Å²) in [7, 11) is 3.12. The quantitative estimate of drug-likeness (QED) is 0.886. The molecule has 4 heteroatoms. The van der Waals surface area contributed by atoms with Crippen molar-refractivity contribution in [2.24, 2.45) is 0 Å². The van der Waals surface area contributed by atoms with E-state index in [2.05, 4.69) is 0 Å². The fourth-order valence-electron chi connectivity index (χ4n) is 1.93. The van der Waals surface area contributed by atoms with Crippen LogP contribution in [0.4, 0.5) is 0 Å². The largest absolute Gasteiger partial charge is 0.495 e. The lowest BCUT2D eigenvalue weighted by Gasteiger charge is -2.18. The van der Waals surface area contributed by atoms with Crippen LogP contribution in [0.25, 0.3) is 0 Å². The minimum Gasteiger partial charge on any atom is -0.495 e. The summed E-state index contributed by atoms with van der Waals surface area (Å²) in [6, 6.07) is 1.89. The number of aliphatic hydroxyl groups is 1. The Hall–Kier alpha value is -0.930. The molecule has 1 saturated carbocycles. The first kappa shape index (κ1) is 11.6. The van der Waals surface area contributed by atoms with Gasteiger partial charge in [-0.15, -0.1) is 0 Å². The molecule has 0 amide bonds. The predicted molar refractivity (Wildman–Crippen MR) is 62.4 cm³/mol. The summed E-state index contributed by atoms with van der Waals surface area (Å²) in [4.78, 5) is 0. The second-order valence-corrected chi connectivity index (χ2v) is 4.53. The molecule has 1 N–H and O–H groups in total. The number of hydrogen-bond donors (Lipinski definition) is 1. The van der Waals surface area contributed by atoms with Gasteiger partial charge in [-0.1, -0.05) is 11.6 Å². The summed E-state index contributed by atoms with van der Waals surface area (Å²) in [5.74, 6) is 1.12. The van der Waals surface area contributed by atoms with E-state index in [9.17, 15) is 5.11 Å². The molecule has 2 rings (SSSR count). The summed E-state index contributed by atoms with van der Waals surface area (Å²) in [6.45, 7) is 1.90. The van der Waals surface area contributed by atoms with Gasteiger partial charge >= 0.3 is 0 Å². The third-order valence-corrected chi connectivity index (χ3v) is 3.34. The lowest BCUT2D eigenvalue weighted by molar-refractivity contribution is 0.147. The molecule has 1 aromatic rings. The van der Waals surface area contributed by atoms with Gasteiger partial charge in [0, 0.05) is 5.56 Å². The highest BCUT2D eigenvalue weighted by Gasteiger charge is 2.45. The Morgan fingerprint density at radius 3 is 2.25 bits per heavy atom. The van der Waals surface area contributed by atoms with Crippen LogP contribution in [-0.2, 0) is 5.60 Å². The van der Waals surface area contributed by atoms with Crippen molar-refractivity contribution in [1.82, 2.24) is 0 Å². The average molecular weight is 243 g/mol. The molecule has 1 aliphatic carbocycles. The molecular weight excluding hydrogens is 228 g/mol. The Labute approximate surface area is 99.9 Å². The summed E-state index contributed by atoms with van der Waals surface area (Å²) in [5.41, 5.74) is 0.911. The van der Waals surface area contributed by atoms with E-state index >= 15 is 0 Å². The van der Waals surface area contributed by atoms with Crippen LogP contribution >= 0.6 is 11.6 Å². The number of hydrogen-bond acceptors (Lipinski definition) is 3. The van der Waals surface area contributed by atoms with Gasteiger partial charge in [-0.05, 0) is 31.4 Å². The molecule has 1 aliphatic rings. The van der Waals surface area contributed by atoms with Crippen molar-refractivity contribution in [3.8, 4) is 11.5 Å². The molecule has 0 radical (unpaired) electrons. The average Bonchev–Trinajstić information content (AvgIpc) is 2.98. The van der Waals surface area contributed by atoms with Crippen molar-refractivity contribution >= 4 is 11.6 Å². The first-order valence-corrected chi connectivity index (χ1v) is 5.55. The number of benzene rings is 1. The maximum atomic E-state index is 10.1. The number of aryl methyl sites for hydroxylation is 1. The van der Waals surface area contributed by atoms with Gasteiger partial charge in [0.2, 0.25) is 0 Å². The Morgan fingerprint density at radius 1 is 1.25 bits per heavy atom. The van der Waals surface area contributed by atoms with Gasteiger partial charge in [-0.3, -0.25) is 0 Å². The monoisotopic (exact) mass is 242 g/mol. The van der Waals surface area contributed by atoms with E-state index in [1.165, 1.54) is 0 Å². The van der Waals surface area contributed by atoms with Crippen LogP contribution in [-0.4, -0.2) is 19.3 Å². The Morgan fingerprint density at radius 2 is 1.81 bits per heavy atom. The number of ether oxygens (including phenoxy) is 2. The van der Waals surface area contributed by atoms with Gasteiger partial charge in [0.1, 0.15) is 16.5 Å². The lowest BCUT2D eigenvalue weighted by Crippen LogP contribution is -2.08. The summed E-state index contributed by atoms with van der Waals surface area (Å²) in [5, 5.41) is 10.6.